The molecule has 1 aromatic heterocycles. The second-order valence-electron chi connectivity index (χ2n) is 5.11. The van der Waals surface area contributed by atoms with Crippen LogP contribution >= 0.6 is 0 Å². The summed E-state index contributed by atoms with van der Waals surface area (Å²) >= 11 is 0. The molecule has 0 bridgehead atoms. The molecule has 2 N–H and O–H groups in total. The fraction of sp³-hybridized carbons (Fsp3) is 0.462. The molecule has 0 aromatic carbocycles. The summed E-state index contributed by atoms with van der Waals surface area (Å²) in [5, 5.41) is 11.3. The van der Waals surface area contributed by atoms with Gasteiger partial charge in [-0.1, -0.05) is 0 Å². The van der Waals surface area contributed by atoms with Crippen LogP contribution in [0, 0.1) is 18.8 Å². The minimum Gasteiger partial charge on any atom is -0.481 e. The van der Waals surface area contributed by atoms with E-state index in [0.717, 1.165) is 4.90 Å². The molecule has 22 heavy (non-hydrogen) atoms. The second kappa shape index (κ2) is 5.82. The van der Waals surface area contributed by atoms with E-state index in [1.165, 1.54) is 12.3 Å². The zero-order valence-electron chi connectivity index (χ0n) is 11.6. The lowest BCUT2D eigenvalue weighted by Gasteiger charge is -2.18. The number of amides is 2. The van der Waals surface area contributed by atoms with Crippen LogP contribution in [0.5, 0.6) is 0 Å². The molecule has 0 radical (unpaired) electrons. The molecule has 1 aliphatic rings. The summed E-state index contributed by atoms with van der Waals surface area (Å²) in [6.07, 6.45) is -3.21. The van der Waals surface area contributed by atoms with Crippen molar-refractivity contribution in [2.75, 3.05) is 18.4 Å². The number of carbonyl (C=O) groups is 2. The van der Waals surface area contributed by atoms with E-state index < -0.39 is 43.1 Å². The number of urea groups is 1. The minimum absolute atomic E-state index is 0.389. The van der Waals surface area contributed by atoms with Gasteiger partial charge in [0.05, 0.1) is 11.8 Å². The molecule has 1 aromatic rings. The number of likely N-dealkylation sites (tertiary alicyclic amines) is 1. The fourth-order valence-corrected chi connectivity index (χ4v) is 2.38. The van der Waals surface area contributed by atoms with Crippen molar-refractivity contribution in [3.8, 4) is 0 Å². The van der Waals surface area contributed by atoms with Gasteiger partial charge >= 0.3 is 18.2 Å². The third-order valence-corrected chi connectivity index (χ3v) is 3.49. The zero-order chi connectivity index (χ0) is 16.5. The normalized spacial score (nSPS) is 21.7. The summed E-state index contributed by atoms with van der Waals surface area (Å²) in [7, 11) is 0. The van der Waals surface area contributed by atoms with E-state index in [1.807, 2.05) is 0 Å². The maximum atomic E-state index is 12.9. The Morgan fingerprint density at radius 2 is 2.09 bits per heavy atom. The first-order chi connectivity index (χ1) is 10.2. The van der Waals surface area contributed by atoms with Crippen LogP contribution in [0.2, 0.25) is 0 Å². The van der Waals surface area contributed by atoms with Gasteiger partial charge in [-0.25, -0.2) is 4.79 Å². The number of nitrogens with one attached hydrogen (secondary N) is 1. The number of carboxylic acids is 1. The number of pyridine rings is 1. The maximum absolute atomic E-state index is 12.9. The summed E-state index contributed by atoms with van der Waals surface area (Å²) in [6.45, 7) is 0.553. The van der Waals surface area contributed by atoms with Crippen LogP contribution in [0.3, 0.4) is 0 Å². The van der Waals surface area contributed by atoms with Crippen molar-refractivity contribution < 1.29 is 27.9 Å². The molecule has 2 rings (SSSR count). The highest BCUT2D eigenvalue weighted by Crippen LogP contribution is 2.37. The van der Waals surface area contributed by atoms with Gasteiger partial charge in [0.15, 0.2) is 0 Å². The molecular weight excluding hydrogens is 303 g/mol. The maximum Gasteiger partial charge on any atom is 0.394 e. The van der Waals surface area contributed by atoms with Gasteiger partial charge < -0.3 is 15.3 Å². The number of hydrogen-bond acceptors (Lipinski definition) is 3. The van der Waals surface area contributed by atoms with Gasteiger partial charge in [0.1, 0.15) is 0 Å². The van der Waals surface area contributed by atoms with E-state index in [1.54, 1.807) is 13.0 Å². The number of carboxylic acid groups (broad SMARTS) is 1. The first-order valence-corrected chi connectivity index (χ1v) is 6.46. The van der Waals surface area contributed by atoms with Crippen LogP contribution in [0.4, 0.5) is 23.7 Å². The number of carbonyl (C=O) groups excluding carboxylic acids is 1. The summed E-state index contributed by atoms with van der Waals surface area (Å²) in [6, 6.07) is 2.30. The standard InChI is InChI=1S/C13H14F3N3O3/c1-7-4-8(2-3-17-7)18-12(22)19-5-9(11(20)21)10(6-19)13(14,15)16/h2-4,9-10H,5-6H2,1H3,(H,20,21)(H,17,18,22)/t9-,10-/m1/s1. The first kappa shape index (κ1) is 16.1. The highest BCUT2D eigenvalue weighted by molar-refractivity contribution is 5.90. The Morgan fingerprint density at radius 1 is 1.41 bits per heavy atom. The van der Waals surface area contributed by atoms with Gasteiger partial charge in [-0.3, -0.25) is 9.78 Å². The topological polar surface area (TPSA) is 82.5 Å². The van der Waals surface area contributed by atoms with Gasteiger partial charge in [0, 0.05) is 30.7 Å². The van der Waals surface area contributed by atoms with E-state index >= 15 is 0 Å². The Morgan fingerprint density at radius 3 is 2.59 bits per heavy atom. The van der Waals surface area contributed by atoms with Crippen LogP contribution in [0.15, 0.2) is 18.3 Å². The highest BCUT2D eigenvalue weighted by atomic mass is 19.4. The lowest BCUT2D eigenvalue weighted by Crippen LogP contribution is -2.35. The highest BCUT2D eigenvalue weighted by Gasteiger charge is 2.53. The second-order valence-corrected chi connectivity index (χ2v) is 5.11. The average Bonchev–Trinajstić information content (AvgIpc) is 2.83. The molecule has 0 unspecified atom stereocenters. The van der Waals surface area contributed by atoms with Crippen molar-refractivity contribution in [2.24, 2.45) is 11.8 Å². The Labute approximate surface area is 123 Å². The Hall–Kier alpha value is -2.32. The molecule has 0 saturated carbocycles. The zero-order valence-corrected chi connectivity index (χ0v) is 11.6. The van der Waals surface area contributed by atoms with Gasteiger partial charge in [-0.2, -0.15) is 13.2 Å². The third-order valence-electron chi connectivity index (χ3n) is 3.49. The fourth-order valence-electron chi connectivity index (χ4n) is 2.38. The number of nitrogens with zero attached hydrogens (tertiary/aromatic N) is 2. The predicted molar refractivity (Wildman–Crippen MR) is 70.2 cm³/mol. The first-order valence-electron chi connectivity index (χ1n) is 6.46. The number of alkyl halides is 3. The van der Waals surface area contributed by atoms with Crippen molar-refractivity contribution in [3.05, 3.63) is 24.0 Å². The van der Waals surface area contributed by atoms with E-state index in [2.05, 4.69) is 10.3 Å². The van der Waals surface area contributed by atoms with Gasteiger partial charge in [-0.15, -0.1) is 0 Å². The molecule has 2 amide bonds. The van der Waals surface area contributed by atoms with Gasteiger partial charge in [0.2, 0.25) is 0 Å². The molecule has 2 atom stereocenters. The van der Waals surface area contributed by atoms with Crippen molar-refractivity contribution in [3.63, 3.8) is 0 Å². The van der Waals surface area contributed by atoms with Crippen LogP contribution in [0.1, 0.15) is 5.69 Å². The van der Waals surface area contributed by atoms with Crippen LogP contribution in [-0.2, 0) is 4.79 Å². The van der Waals surface area contributed by atoms with E-state index in [0.29, 0.717) is 11.4 Å². The number of aromatic nitrogens is 1. The smallest absolute Gasteiger partial charge is 0.394 e. The molecule has 9 heteroatoms. The molecule has 120 valence electrons. The van der Waals surface area contributed by atoms with Crippen LogP contribution in [-0.4, -0.2) is 46.3 Å². The van der Waals surface area contributed by atoms with Gasteiger partial charge in [-0.05, 0) is 19.1 Å². The number of hydrogen-bond donors (Lipinski definition) is 2. The quantitative estimate of drug-likeness (QED) is 0.875. The summed E-state index contributed by atoms with van der Waals surface area (Å²) in [4.78, 5) is 27.8. The third kappa shape index (κ3) is 3.46. The van der Waals surface area contributed by atoms with Crippen molar-refractivity contribution >= 4 is 17.7 Å². The minimum atomic E-state index is -4.66. The molecule has 1 fully saturated rings. The van der Waals surface area contributed by atoms with Gasteiger partial charge in [0.25, 0.3) is 0 Å². The Bertz CT molecular complexity index is 591. The van der Waals surface area contributed by atoms with E-state index in [9.17, 15) is 22.8 Å². The number of rotatable bonds is 2. The SMILES string of the molecule is Cc1cc(NC(=O)N2C[C@@H](C(F)(F)F)[C@H](C(=O)O)C2)ccn1. The summed E-state index contributed by atoms with van der Waals surface area (Å²) < 4.78 is 38.6. The Kier molecular flexibility index (Phi) is 4.25. The molecule has 6 nitrogen and oxygen atoms in total. The summed E-state index contributed by atoms with van der Waals surface area (Å²) in [5.41, 5.74) is 1.02. The predicted octanol–water partition coefficient (Wildman–Crippen LogP) is 2.12. The number of aliphatic carboxylic acids is 1. The molecular formula is C13H14F3N3O3. The van der Waals surface area contributed by atoms with E-state index in [-0.39, 0.29) is 0 Å². The summed E-state index contributed by atoms with van der Waals surface area (Å²) in [5.74, 6) is -5.27. The monoisotopic (exact) mass is 317 g/mol. The molecule has 1 aliphatic heterocycles. The Balaban J connectivity index is 2.10. The molecule has 2 heterocycles. The van der Waals surface area contributed by atoms with Crippen LogP contribution in [0.25, 0.3) is 0 Å². The van der Waals surface area contributed by atoms with E-state index in [4.69, 9.17) is 5.11 Å². The lowest BCUT2D eigenvalue weighted by molar-refractivity contribution is -0.187. The largest absolute Gasteiger partial charge is 0.481 e. The lowest BCUT2D eigenvalue weighted by atomic mass is 9.96. The molecule has 1 saturated heterocycles. The van der Waals surface area contributed by atoms with Crippen molar-refractivity contribution in [1.82, 2.24) is 9.88 Å². The number of anilines is 1. The van der Waals surface area contributed by atoms with Crippen molar-refractivity contribution in [1.29, 1.82) is 0 Å². The van der Waals surface area contributed by atoms with Crippen LogP contribution < -0.4 is 5.32 Å². The number of halogens is 3. The molecule has 0 aliphatic carbocycles. The molecule has 0 spiro atoms. The van der Waals surface area contributed by atoms with Crippen molar-refractivity contribution in [2.45, 2.75) is 13.1 Å². The number of aryl methyl sites for hydroxylation is 1. The average molecular weight is 317 g/mol.